The molecule has 9 heteroatoms. The fourth-order valence-electron chi connectivity index (χ4n) is 2.49. The lowest BCUT2D eigenvalue weighted by atomic mass is 10.1. The molecule has 3 aromatic rings. The number of sulfonamides is 1. The lowest BCUT2D eigenvalue weighted by Gasteiger charge is -2.12. The van der Waals surface area contributed by atoms with Gasteiger partial charge in [0.15, 0.2) is 0 Å². The van der Waals surface area contributed by atoms with Gasteiger partial charge in [-0.05, 0) is 42.3 Å². The maximum absolute atomic E-state index is 12.6. The van der Waals surface area contributed by atoms with Crippen LogP contribution in [-0.2, 0) is 16.4 Å². The molecule has 0 radical (unpaired) electrons. The Hall–Kier alpha value is -2.35. The van der Waals surface area contributed by atoms with Crippen LogP contribution in [-0.4, -0.2) is 18.2 Å². The molecular formula is C18H15Cl2N3O3S. The summed E-state index contributed by atoms with van der Waals surface area (Å²) in [5.74, 6) is 0. The number of anilines is 1. The normalized spacial score (nSPS) is 11.4. The molecule has 0 amide bonds. The van der Waals surface area contributed by atoms with Crippen LogP contribution in [0.25, 0.3) is 5.69 Å². The molecule has 0 fully saturated rings. The molecule has 140 valence electrons. The minimum Gasteiger partial charge on any atom is -0.279 e. The summed E-state index contributed by atoms with van der Waals surface area (Å²) < 4.78 is 28.9. The van der Waals surface area contributed by atoms with Gasteiger partial charge in [0, 0.05) is 0 Å². The third-order valence-corrected chi connectivity index (χ3v) is 6.04. The van der Waals surface area contributed by atoms with Crippen molar-refractivity contribution in [1.29, 1.82) is 0 Å². The van der Waals surface area contributed by atoms with E-state index in [1.807, 2.05) is 19.1 Å². The second-order valence-electron chi connectivity index (χ2n) is 5.63. The number of nitrogens with zero attached hydrogens (tertiary/aromatic N) is 2. The van der Waals surface area contributed by atoms with Crippen LogP contribution in [0.2, 0.25) is 10.0 Å². The fourth-order valence-corrected chi connectivity index (χ4v) is 3.85. The van der Waals surface area contributed by atoms with Gasteiger partial charge in [-0.1, -0.05) is 48.3 Å². The largest absolute Gasteiger partial charge is 0.291 e. The molecule has 1 heterocycles. The third kappa shape index (κ3) is 4.00. The first-order valence-corrected chi connectivity index (χ1v) is 10.2. The summed E-state index contributed by atoms with van der Waals surface area (Å²) in [5, 5.41) is 3.81. The van der Waals surface area contributed by atoms with Gasteiger partial charge in [-0.3, -0.25) is 9.52 Å². The summed E-state index contributed by atoms with van der Waals surface area (Å²) in [6, 6.07) is 12.9. The quantitative estimate of drug-likeness (QED) is 0.674. The zero-order valence-electron chi connectivity index (χ0n) is 14.2. The van der Waals surface area contributed by atoms with Crippen molar-refractivity contribution < 1.29 is 8.42 Å². The van der Waals surface area contributed by atoms with E-state index in [1.165, 1.54) is 30.5 Å². The van der Waals surface area contributed by atoms with E-state index >= 15 is 0 Å². The lowest BCUT2D eigenvalue weighted by molar-refractivity contribution is 0.601. The van der Waals surface area contributed by atoms with Crippen molar-refractivity contribution >= 4 is 38.9 Å². The highest BCUT2D eigenvalue weighted by atomic mass is 35.5. The molecule has 0 aliphatic heterocycles. The molecule has 0 aliphatic carbocycles. The average Bonchev–Trinajstić information content (AvgIpc) is 2.66. The van der Waals surface area contributed by atoms with E-state index in [-0.39, 0.29) is 14.9 Å². The number of benzene rings is 2. The lowest BCUT2D eigenvalue weighted by Crippen LogP contribution is -2.21. The number of halogens is 2. The Bertz CT molecular complexity index is 1140. The fraction of sp³-hybridized carbons (Fsp3) is 0.111. The predicted molar refractivity (Wildman–Crippen MR) is 106 cm³/mol. The van der Waals surface area contributed by atoms with Crippen molar-refractivity contribution in [2.24, 2.45) is 0 Å². The first-order valence-electron chi connectivity index (χ1n) is 7.98. The molecule has 6 nitrogen and oxygen atoms in total. The highest BCUT2D eigenvalue weighted by Crippen LogP contribution is 2.22. The second-order valence-corrected chi connectivity index (χ2v) is 8.10. The minimum absolute atomic E-state index is 0.0518. The van der Waals surface area contributed by atoms with Crippen LogP contribution in [0.15, 0.2) is 64.4 Å². The maximum atomic E-state index is 12.6. The summed E-state index contributed by atoms with van der Waals surface area (Å²) in [7, 11) is -3.77. The third-order valence-electron chi connectivity index (χ3n) is 3.91. The van der Waals surface area contributed by atoms with E-state index in [4.69, 9.17) is 23.2 Å². The van der Waals surface area contributed by atoms with Gasteiger partial charge in [0.1, 0.15) is 5.02 Å². The van der Waals surface area contributed by atoms with E-state index in [0.717, 1.165) is 10.2 Å². The molecule has 0 atom stereocenters. The Morgan fingerprint density at radius 3 is 2.41 bits per heavy atom. The van der Waals surface area contributed by atoms with Crippen molar-refractivity contribution in [2.45, 2.75) is 18.2 Å². The van der Waals surface area contributed by atoms with Gasteiger partial charge in [0.05, 0.1) is 27.5 Å². The SMILES string of the molecule is CCc1ccccc1NS(=O)(=O)c1ccc(-n2ncc(Cl)c(Cl)c2=O)cc1. The number of para-hydroxylation sites is 1. The van der Waals surface area contributed by atoms with Gasteiger partial charge in [-0.2, -0.15) is 9.78 Å². The van der Waals surface area contributed by atoms with Crippen LogP contribution in [0.1, 0.15) is 12.5 Å². The first kappa shape index (κ1) is 19.4. The van der Waals surface area contributed by atoms with Gasteiger partial charge in [0.25, 0.3) is 15.6 Å². The molecule has 3 rings (SSSR count). The van der Waals surface area contributed by atoms with Crippen molar-refractivity contribution in [3.05, 3.63) is 80.7 Å². The number of rotatable bonds is 5. The molecule has 0 saturated heterocycles. The summed E-state index contributed by atoms with van der Waals surface area (Å²) >= 11 is 11.6. The molecule has 0 spiro atoms. The van der Waals surface area contributed by atoms with Crippen LogP contribution in [0.5, 0.6) is 0 Å². The van der Waals surface area contributed by atoms with Crippen molar-refractivity contribution in [1.82, 2.24) is 9.78 Å². The Balaban J connectivity index is 1.93. The van der Waals surface area contributed by atoms with E-state index < -0.39 is 15.6 Å². The van der Waals surface area contributed by atoms with E-state index in [1.54, 1.807) is 12.1 Å². The first-order chi connectivity index (χ1) is 12.8. The number of hydrogen-bond donors (Lipinski definition) is 1. The van der Waals surface area contributed by atoms with Gasteiger partial charge in [-0.15, -0.1) is 0 Å². The molecule has 1 N–H and O–H groups in total. The standard InChI is InChI=1S/C18H15Cl2N3O3S/c1-2-12-5-3-4-6-16(12)22-27(25,26)14-9-7-13(8-10-14)23-18(24)17(20)15(19)11-21-23/h3-11,22H,2H2,1H3. The van der Waals surface area contributed by atoms with E-state index in [2.05, 4.69) is 9.82 Å². The summed E-state index contributed by atoms with van der Waals surface area (Å²) in [6.07, 6.45) is 1.95. The van der Waals surface area contributed by atoms with Crippen molar-refractivity contribution in [3.8, 4) is 5.69 Å². The summed E-state index contributed by atoms with van der Waals surface area (Å²) in [5.41, 5.74) is 1.21. The Labute approximate surface area is 166 Å². The number of aromatic nitrogens is 2. The summed E-state index contributed by atoms with van der Waals surface area (Å²) in [4.78, 5) is 12.2. The number of aryl methyl sites for hydroxylation is 1. The van der Waals surface area contributed by atoms with Crippen LogP contribution in [0.4, 0.5) is 5.69 Å². The maximum Gasteiger partial charge on any atom is 0.291 e. The number of nitrogens with one attached hydrogen (secondary N) is 1. The monoisotopic (exact) mass is 423 g/mol. The zero-order chi connectivity index (χ0) is 19.6. The molecule has 0 bridgehead atoms. The van der Waals surface area contributed by atoms with E-state index in [0.29, 0.717) is 17.8 Å². The van der Waals surface area contributed by atoms with E-state index in [9.17, 15) is 13.2 Å². The second kappa shape index (κ2) is 7.72. The average molecular weight is 424 g/mol. The van der Waals surface area contributed by atoms with Gasteiger partial charge in [-0.25, -0.2) is 8.42 Å². The number of hydrogen-bond acceptors (Lipinski definition) is 4. The van der Waals surface area contributed by atoms with Gasteiger partial charge in [0.2, 0.25) is 0 Å². The Kier molecular flexibility index (Phi) is 5.55. The molecule has 27 heavy (non-hydrogen) atoms. The predicted octanol–water partition coefficient (Wildman–Crippen LogP) is 3.90. The van der Waals surface area contributed by atoms with Crippen LogP contribution < -0.4 is 10.3 Å². The summed E-state index contributed by atoms with van der Waals surface area (Å²) in [6.45, 7) is 1.95. The van der Waals surface area contributed by atoms with Crippen LogP contribution >= 0.6 is 23.2 Å². The van der Waals surface area contributed by atoms with Crippen molar-refractivity contribution in [2.75, 3.05) is 4.72 Å². The highest BCUT2D eigenvalue weighted by Gasteiger charge is 2.16. The molecular weight excluding hydrogens is 409 g/mol. The molecule has 0 saturated carbocycles. The minimum atomic E-state index is -3.77. The van der Waals surface area contributed by atoms with Crippen LogP contribution in [0, 0.1) is 0 Å². The highest BCUT2D eigenvalue weighted by molar-refractivity contribution is 7.92. The van der Waals surface area contributed by atoms with Gasteiger partial charge >= 0.3 is 0 Å². The Morgan fingerprint density at radius 2 is 1.74 bits per heavy atom. The van der Waals surface area contributed by atoms with Gasteiger partial charge < -0.3 is 0 Å². The Morgan fingerprint density at radius 1 is 1.07 bits per heavy atom. The molecule has 2 aromatic carbocycles. The van der Waals surface area contributed by atoms with Crippen molar-refractivity contribution in [3.63, 3.8) is 0 Å². The zero-order valence-corrected chi connectivity index (χ0v) is 16.5. The molecule has 0 unspecified atom stereocenters. The molecule has 0 aliphatic rings. The smallest absolute Gasteiger partial charge is 0.279 e. The van der Waals surface area contributed by atoms with Crippen LogP contribution in [0.3, 0.4) is 0 Å². The topological polar surface area (TPSA) is 81.1 Å². The molecule has 1 aromatic heterocycles.